The van der Waals surface area contributed by atoms with Crippen molar-refractivity contribution in [3.05, 3.63) is 89.5 Å². The Labute approximate surface area is 199 Å². The lowest BCUT2D eigenvalue weighted by Gasteiger charge is -2.21. The maximum absolute atomic E-state index is 12.3. The quantitative estimate of drug-likeness (QED) is 0.401. The second-order valence-electron chi connectivity index (χ2n) is 9.38. The van der Waals surface area contributed by atoms with Crippen LogP contribution in [-0.2, 0) is 20.7 Å². The molecule has 176 valence electrons. The van der Waals surface area contributed by atoms with Crippen molar-refractivity contribution < 1.29 is 23.8 Å². The van der Waals surface area contributed by atoms with Gasteiger partial charge in [-0.15, -0.1) is 0 Å². The Hall–Kier alpha value is -3.64. The van der Waals surface area contributed by atoms with E-state index in [1.165, 1.54) is 0 Å². The van der Waals surface area contributed by atoms with Crippen LogP contribution in [0, 0.1) is 0 Å². The van der Waals surface area contributed by atoms with Gasteiger partial charge in [-0.25, -0.2) is 9.59 Å². The van der Waals surface area contributed by atoms with Crippen molar-refractivity contribution >= 4 is 12.1 Å². The molecule has 0 bridgehead atoms. The zero-order valence-electron chi connectivity index (χ0n) is 19.6. The van der Waals surface area contributed by atoms with Gasteiger partial charge < -0.3 is 19.9 Å². The second-order valence-corrected chi connectivity index (χ2v) is 9.38. The fraction of sp³-hybridized carbons (Fsp3) is 0.286. The molecule has 0 aliphatic heterocycles. The Morgan fingerprint density at radius 2 is 1.44 bits per heavy atom. The van der Waals surface area contributed by atoms with Crippen LogP contribution in [0.1, 0.15) is 43.4 Å². The number of nitrogens with two attached hydrogens (primary N) is 1. The highest BCUT2D eigenvalue weighted by atomic mass is 16.7. The van der Waals surface area contributed by atoms with Gasteiger partial charge in [0.15, 0.2) is 0 Å². The predicted molar refractivity (Wildman–Crippen MR) is 130 cm³/mol. The number of esters is 1. The molecule has 6 nitrogen and oxygen atoms in total. The summed E-state index contributed by atoms with van der Waals surface area (Å²) < 4.78 is 16.0. The van der Waals surface area contributed by atoms with Crippen LogP contribution in [-0.4, -0.2) is 30.4 Å². The van der Waals surface area contributed by atoms with Crippen molar-refractivity contribution in [2.24, 2.45) is 5.73 Å². The Kier molecular flexibility index (Phi) is 6.70. The van der Waals surface area contributed by atoms with Gasteiger partial charge in [-0.1, -0.05) is 60.7 Å². The van der Waals surface area contributed by atoms with Crippen molar-refractivity contribution in [2.45, 2.75) is 44.8 Å². The van der Waals surface area contributed by atoms with Crippen molar-refractivity contribution in [3.8, 4) is 16.9 Å². The monoisotopic (exact) mass is 459 g/mol. The third-order valence-electron chi connectivity index (χ3n) is 5.62. The third-order valence-corrected chi connectivity index (χ3v) is 5.62. The number of hydrogen-bond acceptors (Lipinski definition) is 6. The van der Waals surface area contributed by atoms with Crippen molar-refractivity contribution in [1.82, 2.24) is 0 Å². The highest BCUT2D eigenvalue weighted by molar-refractivity contribution is 5.85. The van der Waals surface area contributed by atoms with E-state index in [9.17, 15) is 9.59 Å². The number of fused-ring (bicyclic) bond motifs is 3. The van der Waals surface area contributed by atoms with Gasteiger partial charge in [0.05, 0.1) is 0 Å². The summed E-state index contributed by atoms with van der Waals surface area (Å²) in [7, 11) is 0. The van der Waals surface area contributed by atoms with Crippen molar-refractivity contribution in [3.63, 3.8) is 0 Å². The molecule has 1 atom stereocenters. The van der Waals surface area contributed by atoms with Crippen LogP contribution in [0.3, 0.4) is 0 Å². The topological polar surface area (TPSA) is 87.9 Å². The Morgan fingerprint density at radius 3 is 2.00 bits per heavy atom. The lowest BCUT2D eigenvalue weighted by atomic mass is 9.98. The summed E-state index contributed by atoms with van der Waals surface area (Å²) in [5.74, 6) is -0.212. The van der Waals surface area contributed by atoms with Gasteiger partial charge in [-0.05, 0) is 67.1 Å². The van der Waals surface area contributed by atoms with Crippen LogP contribution in [0.25, 0.3) is 11.1 Å². The molecule has 0 fully saturated rings. The van der Waals surface area contributed by atoms with Gasteiger partial charge in [0, 0.05) is 5.92 Å². The van der Waals surface area contributed by atoms with Crippen LogP contribution >= 0.6 is 0 Å². The van der Waals surface area contributed by atoms with Crippen LogP contribution in [0.5, 0.6) is 5.75 Å². The molecule has 6 heteroatoms. The molecule has 2 N–H and O–H groups in total. The molecule has 0 amide bonds. The molecule has 1 aliphatic carbocycles. The molecular formula is C28H29NO5. The summed E-state index contributed by atoms with van der Waals surface area (Å²) in [5, 5.41) is 0. The lowest BCUT2D eigenvalue weighted by molar-refractivity contribution is -0.141. The molecule has 0 heterocycles. The Balaban J connectivity index is 1.31. The smallest absolute Gasteiger partial charge is 0.488 e. The van der Waals surface area contributed by atoms with Gasteiger partial charge in [-0.2, -0.15) is 0 Å². The molecular weight excluding hydrogens is 430 g/mol. The van der Waals surface area contributed by atoms with Crippen LogP contribution in [0.15, 0.2) is 72.8 Å². The fourth-order valence-electron chi connectivity index (χ4n) is 4.16. The van der Waals surface area contributed by atoms with Gasteiger partial charge >= 0.3 is 12.1 Å². The number of rotatable bonds is 6. The highest BCUT2D eigenvalue weighted by Gasteiger charge is 2.30. The summed E-state index contributed by atoms with van der Waals surface area (Å²) in [6.45, 7) is 5.98. The predicted octanol–water partition coefficient (Wildman–Crippen LogP) is 5.23. The normalized spacial score (nSPS) is 13.5. The average molecular weight is 460 g/mol. The van der Waals surface area contributed by atoms with Gasteiger partial charge in [0.2, 0.25) is 0 Å². The SMILES string of the molecule is CC(C)(C)Oc1ccc(C[C@H](N)C(=O)OC(=O)OCC2c3ccccc3-c3ccccc32)cc1. The first-order valence-electron chi connectivity index (χ1n) is 11.3. The van der Waals surface area contributed by atoms with Gasteiger partial charge in [0.25, 0.3) is 0 Å². The zero-order valence-corrected chi connectivity index (χ0v) is 19.6. The number of ether oxygens (including phenoxy) is 3. The molecule has 0 spiro atoms. The molecule has 0 saturated heterocycles. The number of benzene rings is 3. The Morgan fingerprint density at radius 1 is 0.882 bits per heavy atom. The van der Waals surface area contributed by atoms with Crippen LogP contribution < -0.4 is 10.5 Å². The summed E-state index contributed by atoms with van der Waals surface area (Å²) in [6.07, 6.45) is -0.818. The minimum atomic E-state index is -1.05. The van der Waals surface area contributed by atoms with Crippen LogP contribution in [0.4, 0.5) is 4.79 Å². The molecule has 3 aromatic carbocycles. The first kappa shape index (κ1) is 23.5. The Bertz CT molecular complexity index is 1130. The molecule has 0 unspecified atom stereocenters. The molecule has 0 saturated carbocycles. The lowest BCUT2D eigenvalue weighted by Crippen LogP contribution is -2.36. The molecule has 3 aromatic rings. The number of carbonyl (C=O) groups excluding carboxylic acids is 2. The van der Waals surface area contributed by atoms with E-state index in [2.05, 4.69) is 12.1 Å². The van der Waals surface area contributed by atoms with E-state index >= 15 is 0 Å². The van der Waals surface area contributed by atoms with Crippen molar-refractivity contribution in [1.29, 1.82) is 0 Å². The number of carbonyl (C=O) groups is 2. The fourth-order valence-corrected chi connectivity index (χ4v) is 4.16. The van der Waals surface area contributed by atoms with Crippen LogP contribution in [0.2, 0.25) is 0 Å². The van der Waals surface area contributed by atoms with E-state index < -0.39 is 18.2 Å². The van der Waals surface area contributed by atoms with E-state index in [-0.39, 0.29) is 24.5 Å². The van der Waals surface area contributed by atoms with Gasteiger partial charge in [-0.3, -0.25) is 0 Å². The number of hydrogen-bond donors (Lipinski definition) is 1. The van der Waals surface area contributed by atoms with E-state index in [1.807, 2.05) is 81.4 Å². The van der Waals surface area contributed by atoms with Crippen molar-refractivity contribution in [2.75, 3.05) is 6.61 Å². The van der Waals surface area contributed by atoms with E-state index in [0.29, 0.717) is 0 Å². The molecule has 34 heavy (non-hydrogen) atoms. The maximum atomic E-state index is 12.3. The van der Waals surface area contributed by atoms with E-state index in [1.54, 1.807) is 0 Å². The van der Waals surface area contributed by atoms with E-state index in [0.717, 1.165) is 33.6 Å². The second kappa shape index (κ2) is 9.69. The summed E-state index contributed by atoms with van der Waals surface area (Å²) in [4.78, 5) is 24.6. The maximum Gasteiger partial charge on any atom is 0.516 e. The molecule has 4 rings (SSSR count). The summed E-state index contributed by atoms with van der Waals surface area (Å²) >= 11 is 0. The minimum Gasteiger partial charge on any atom is -0.488 e. The highest BCUT2D eigenvalue weighted by Crippen LogP contribution is 2.44. The first-order valence-corrected chi connectivity index (χ1v) is 11.3. The molecule has 0 radical (unpaired) electrons. The summed E-state index contributed by atoms with van der Waals surface area (Å²) in [5.41, 5.74) is 10.9. The zero-order chi connectivity index (χ0) is 24.3. The average Bonchev–Trinajstić information content (AvgIpc) is 3.12. The first-order chi connectivity index (χ1) is 16.2. The summed E-state index contributed by atoms with van der Waals surface area (Å²) in [6, 6.07) is 22.4. The molecule has 1 aliphatic rings. The van der Waals surface area contributed by atoms with E-state index in [4.69, 9.17) is 19.9 Å². The standard InChI is InChI=1S/C28H29NO5/c1-28(2,3)34-19-14-12-18(13-15-19)16-25(29)26(30)33-27(31)32-17-24-22-10-6-4-8-20(22)21-9-5-7-11-23(21)24/h4-15,24-25H,16-17,29H2,1-3H3/t25-/m0/s1. The minimum absolute atomic E-state index is 0.0740. The third kappa shape index (κ3) is 5.46. The largest absolute Gasteiger partial charge is 0.516 e. The molecule has 0 aromatic heterocycles. The van der Waals surface area contributed by atoms with Gasteiger partial charge in [0.1, 0.15) is 24.0 Å².